The van der Waals surface area contributed by atoms with Gasteiger partial charge in [-0.2, -0.15) is 0 Å². The third-order valence-electron chi connectivity index (χ3n) is 4.96. The number of rotatable bonds is 7. The molecule has 0 saturated heterocycles. The number of hydrogen-bond donors (Lipinski definition) is 0. The van der Waals surface area contributed by atoms with Crippen molar-refractivity contribution in [1.29, 1.82) is 0 Å². The van der Waals surface area contributed by atoms with Crippen molar-refractivity contribution in [1.82, 2.24) is 0 Å². The first-order chi connectivity index (χ1) is 14.9. The molecule has 0 heterocycles. The zero-order valence-corrected chi connectivity index (χ0v) is 19.1. The Morgan fingerprint density at radius 3 is 2.32 bits per heavy atom. The highest BCUT2D eigenvalue weighted by molar-refractivity contribution is 9.10. The van der Waals surface area contributed by atoms with Gasteiger partial charge < -0.3 is 9.47 Å². The molecule has 0 amide bonds. The Labute approximate surface area is 189 Å². The van der Waals surface area contributed by atoms with Crippen LogP contribution < -0.4 is 9.47 Å². The third-order valence-corrected chi connectivity index (χ3v) is 5.55. The molecule has 0 aromatic heterocycles. The number of nitrogens with zero attached hydrogens (tertiary/aromatic N) is 1. The van der Waals surface area contributed by atoms with Crippen LogP contribution in [0.3, 0.4) is 0 Å². The van der Waals surface area contributed by atoms with Crippen molar-refractivity contribution >= 4 is 39.6 Å². The monoisotopic (exact) mass is 485 g/mol. The first-order valence-electron chi connectivity index (χ1n) is 10.1. The van der Waals surface area contributed by atoms with Gasteiger partial charge in [0.05, 0.1) is 23.1 Å². The Morgan fingerprint density at radius 2 is 1.74 bits per heavy atom. The van der Waals surface area contributed by atoms with Gasteiger partial charge in [0.2, 0.25) is 0 Å². The Kier molecular flexibility index (Phi) is 7.63. The average Bonchev–Trinajstić information content (AvgIpc) is 2.76. The second-order valence-electron chi connectivity index (χ2n) is 7.25. The van der Waals surface area contributed by atoms with Gasteiger partial charge in [-0.05, 0) is 89.2 Å². The molecule has 31 heavy (non-hydrogen) atoms. The van der Waals surface area contributed by atoms with Crippen molar-refractivity contribution in [2.45, 2.75) is 32.6 Å². The highest BCUT2D eigenvalue weighted by atomic mass is 79.9. The fraction of sp³-hybridized carbons (Fsp3) is 0.292. The normalized spacial score (nSPS) is 16.5. The van der Waals surface area contributed by atoms with Gasteiger partial charge in [-0.1, -0.05) is 6.92 Å². The first kappa shape index (κ1) is 22.7. The van der Waals surface area contributed by atoms with Crippen LogP contribution in [0.1, 0.15) is 43.7 Å². The Balaban J connectivity index is 1.86. The van der Waals surface area contributed by atoms with E-state index in [1.54, 1.807) is 19.2 Å². The van der Waals surface area contributed by atoms with Crippen molar-refractivity contribution in [2.24, 2.45) is 0 Å². The average molecular weight is 486 g/mol. The van der Waals surface area contributed by atoms with Crippen LogP contribution in [0.2, 0.25) is 0 Å². The number of ether oxygens (including phenoxy) is 2. The number of non-ortho nitro benzene ring substituents is 1. The molecule has 0 N–H and O–H groups in total. The van der Waals surface area contributed by atoms with Crippen LogP contribution in [0.15, 0.2) is 52.0 Å². The summed E-state index contributed by atoms with van der Waals surface area (Å²) in [5, 5.41) is 10.8. The largest absolute Gasteiger partial charge is 0.493 e. The minimum absolute atomic E-state index is 0.00556. The second kappa shape index (κ2) is 10.4. The lowest BCUT2D eigenvalue weighted by Gasteiger charge is -2.17. The quantitative estimate of drug-likeness (QED) is 0.258. The van der Waals surface area contributed by atoms with Crippen LogP contribution in [0, 0.1) is 10.1 Å². The summed E-state index contributed by atoms with van der Waals surface area (Å²) >= 11 is 3.54. The smallest absolute Gasteiger partial charge is 0.269 e. The summed E-state index contributed by atoms with van der Waals surface area (Å²) in [4.78, 5) is 23.4. The topological polar surface area (TPSA) is 78.7 Å². The van der Waals surface area contributed by atoms with E-state index in [0.29, 0.717) is 36.5 Å². The minimum atomic E-state index is -0.436. The molecule has 3 rings (SSSR count). The summed E-state index contributed by atoms with van der Waals surface area (Å²) < 4.78 is 12.0. The number of allylic oxidation sites excluding steroid dienone is 2. The van der Waals surface area contributed by atoms with E-state index < -0.39 is 4.92 Å². The molecular formula is C24H24BrNO5. The third kappa shape index (κ3) is 5.61. The number of halogens is 1. The van der Waals surface area contributed by atoms with Crippen molar-refractivity contribution in [3.8, 4) is 11.5 Å². The van der Waals surface area contributed by atoms with Crippen LogP contribution in [-0.2, 0) is 4.79 Å². The second-order valence-corrected chi connectivity index (χ2v) is 8.11. The Morgan fingerprint density at radius 1 is 1.10 bits per heavy atom. The van der Waals surface area contributed by atoms with Crippen LogP contribution in [0.5, 0.6) is 11.5 Å². The maximum absolute atomic E-state index is 13.0. The summed E-state index contributed by atoms with van der Waals surface area (Å²) in [6.07, 6.45) is 6.85. The lowest BCUT2D eigenvalue weighted by atomic mass is 9.87. The molecule has 1 aliphatic carbocycles. The van der Waals surface area contributed by atoms with E-state index in [2.05, 4.69) is 15.9 Å². The SMILES string of the molecule is CCCOc1c(Br)cc(/C=C2\CCC/C(=C\c3ccc([N+](=O)[O-])cc3)C2=O)cc1OC. The molecule has 7 heteroatoms. The molecule has 162 valence electrons. The van der Waals surface area contributed by atoms with Gasteiger partial charge in [-0.25, -0.2) is 0 Å². The molecule has 2 aromatic rings. The lowest BCUT2D eigenvalue weighted by Crippen LogP contribution is -2.12. The van der Waals surface area contributed by atoms with Gasteiger partial charge in [0, 0.05) is 23.3 Å². The number of hydrogen-bond acceptors (Lipinski definition) is 5. The van der Waals surface area contributed by atoms with Crippen molar-refractivity contribution in [3.05, 3.63) is 73.3 Å². The van der Waals surface area contributed by atoms with Gasteiger partial charge in [-0.3, -0.25) is 14.9 Å². The fourth-order valence-electron chi connectivity index (χ4n) is 3.44. The predicted molar refractivity (Wildman–Crippen MR) is 124 cm³/mol. The Hall–Kier alpha value is -2.93. The van der Waals surface area contributed by atoms with E-state index in [-0.39, 0.29) is 11.5 Å². The minimum Gasteiger partial charge on any atom is -0.493 e. The Bertz CT molecular complexity index is 1040. The maximum Gasteiger partial charge on any atom is 0.269 e. The van der Waals surface area contributed by atoms with Gasteiger partial charge in [-0.15, -0.1) is 0 Å². The van der Waals surface area contributed by atoms with E-state index >= 15 is 0 Å². The predicted octanol–water partition coefficient (Wildman–Crippen LogP) is 6.37. The number of ketones is 1. The molecule has 0 aliphatic heterocycles. The number of benzene rings is 2. The van der Waals surface area contributed by atoms with E-state index in [9.17, 15) is 14.9 Å². The summed E-state index contributed by atoms with van der Waals surface area (Å²) in [6.45, 7) is 2.63. The number of methoxy groups -OCH3 is 1. The molecule has 0 bridgehead atoms. The van der Waals surface area contributed by atoms with Gasteiger partial charge >= 0.3 is 0 Å². The number of nitro groups is 1. The zero-order chi connectivity index (χ0) is 22.4. The number of carbonyl (C=O) groups excluding carboxylic acids is 1. The van der Waals surface area contributed by atoms with E-state index in [0.717, 1.165) is 34.0 Å². The molecule has 1 fully saturated rings. The lowest BCUT2D eigenvalue weighted by molar-refractivity contribution is -0.384. The molecule has 0 radical (unpaired) electrons. The van der Waals surface area contributed by atoms with Crippen molar-refractivity contribution < 1.29 is 19.2 Å². The highest BCUT2D eigenvalue weighted by Gasteiger charge is 2.21. The molecule has 1 saturated carbocycles. The molecule has 0 spiro atoms. The van der Waals surface area contributed by atoms with E-state index in [1.807, 2.05) is 31.2 Å². The van der Waals surface area contributed by atoms with E-state index in [1.165, 1.54) is 12.1 Å². The molecular weight excluding hydrogens is 462 g/mol. The standard InChI is InChI=1S/C24H24BrNO5/c1-3-11-31-24-21(25)14-17(15-22(24)30-2)13-19-6-4-5-18(23(19)27)12-16-7-9-20(10-8-16)26(28)29/h7-10,12-15H,3-6,11H2,1-2H3/b18-12+,19-13+. The molecule has 6 nitrogen and oxygen atoms in total. The summed E-state index contributed by atoms with van der Waals surface area (Å²) in [5.74, 6) is 1.27. The van der Waals surface area contributed by atoms with Crippen LogP contribution in [0.4, 0.5) is 5.69 Å². The molecule has 0 atom stereocenters. The summed E-state index contributed by atoms with van der Waals surface area (Å²) in [7, 11) is 1.59. The molecule has 1 aliphatic rings. The van der Waals surface area contributed by atoms with Crippen molar-refractivity contribution in [3.63, 3.8) is 0 Å². The zero-order valence-electron chi connectivity index (χ0n) is 17.5. The van der Waals surface area contributed by atoms with E-state index in [4.69, 9.17) is 9.47 Å². The van der Waals surface area contributed by atoms with Gasteiger partial charge in [0.15, 0.2) is 17.3 Å². The summed E-state index contributed by atoms with van der Waals surface area (Å²) in [6, 6.07) is 10.00. The van der Waals surface area contributed by atoms with Crippen LogP contribution >= 0.6 is 15.9 Å². The molecule has 0 unspecified atom stereocenters. The summed E-state index contributed by atoms with van der Waals surface area (Å²) in [5.41, 5.74) is 3.10. The fourth-order valence-corrected chi connectivity index (χ4v) is 4.01. The number of nitro benzene ring substituents is 1. The highest BCUT2D eigenvalue weighted by Crippen LogP contribution is 2.38. The van der Waals surface area contributed by atoms with Gasteiger partial charge in [0.25, 0.3) is 5.69 Å². The number of carbonyl (C=O) groups is 1. The number of Topliss-reactive ketones (excluding diaryl/α,β-unsaturated/α-hetero) is 1. The van der Waals surface area contributed by atoms with Crippen LogP contribution in [-0.4, -0.2) is 24.4 Å². The van der Waals surface area contributed by atoms with Crippen molar-refractivity contribution in [2.75, 3.05) is 13.7 Å². The van der Waals surface area contributed by atoms with Crippen LogP contribution in [0.25, 0.3) is 12.2 Å². The molecule has 2 aromatic carbocycles. The first-order valence-corrected chi connectivity index (χ1v) is 10.9. The van der Waals surface area contributed by atoms with Gasteiger partial charge in [0.1, 0.15) is 0 Å². The maximum atomic E-state index is 13.0.